The molecule has 0 spiro atoms. The fourth-order valence-corrected chi connectivity index (χ4v) is 2.06. The molecule has 0 radical (unpaired) electrons. The van der Waals surface area contributed by atoms with E-state index in [1.165, 1.54) is 31.2 Å². The third-order valence-electron chi connectivity index (χ3n) is 3.18. The van der Waals surface area contributed by atoms with Crippen molar-refractivity contribution in [3.63, 3.8) is 0 Å². The topological polar surface area (TPSA) is 44.3 Å². The summed E-state index contributed by atoms with van der Waals surface area (Å²) < 4.78 is 0. The van der Waals surface area contributed by atoms with E-state index in [9.17, 15) is 0 Å². The van der Waals surface area contributed by atoms with Gasteiger partial charge >= 0.3 is 0 Å². The number of rotatable bonds is 12. The molecule has 0 aliphatic rings. The third-order valence-corrected chi connectivity index (χ3v) is 3.18. The molecular weight excluding hydrogens is 236 g/mol. The van der Waals surface area contributed by atoms with E-state index >= 15 is 0 Å². The van der Waals surface area contributed by atoms with Gasteiger partial charge in [-0.25, -0.2) is 0 Å². The predicted octanol–water partition coefficient (Wildman–Crippen LogP) is 1.96. The molecule has 108 valence electrons. The fourth-order valence-electron chi connectivity index (χ4n) is 2.06. The summed E-state index contributed by atoms with van der Waals surface area (Å²) in [6, 6.07) is 10.6. The number of nitrogens with one attached hydrogen (secondary N) is 2. The number of benzene rings is 1. The summed E-state index contributed by atoms with van der Waals surface area (Å²) in [4.78, 5) is 0. The standard InChI is InChI=1S/C16H28N2O/c19-15-14-18-12-7-2-1-6-11-17-13-10-16-8-4-3-5-9-16/h3-5,8-9,17-19H,1-2,6-7,10-15H2. The van der Waals surface area contributed by atoms with Crippen LogP contribution in [-0.4, -0.2) is 37.9 Å². The molecule has 0 bridgehead atoms. The molecule has 0 aromatic heterocycles. The Balaban J connectivity index is 1.79. The number of hydrogen-bond acceptors (Lipinski definition) is 3. The van der Waals surface area contributed by atoms with Crippen molar-refractivity contribution in [2.75, 3.05) is 32.8 Å². The quantitative estimate of drug-likeness (QED) is 0.506. The number of hydrogen-bond donors (Lipinski definition) is 3. The summed E-state index contributed by atoms with van der Waals surface area (Å²) in [6.07, 6.45) is 6.16. The van der Waals surface area contributed by atoms with Crippen LogP contribution in [-0.2, 0) is 6.42 Å². The van der Waals surface area contributed by atoms with Gasteiger partial charge < -0.3 is 15.7 Å². The fraction of sp³-hybridized carbons (Fsp3) is 0.625. The minimum absolute atomic E-state index is 0.241. The first-order valence-corrected chi connectivity index (χ1v) is 7.49. The predicted molar refractivity (Wildman–Crippen MR) is 81.4 cm³/mol. The first kappa shape index (κ1) is 16.2. The van der Waals surface area contributed by atoms with Gasteiger partial charge in [-0.2, -0.15) is 0 Å². The molecule has 0 atom stereocenters. The van der Waals surface area contributed by atoms with Crippen molar-refractivity contribution in [3.8, 4) is 0 Å². The van der Waals surface area contributed by atoms with Crippen molar-refractivity contribution < 1.29 is 5.11 Å². The Bertz CT molecular complexity index is 290. The van der Waals surface area contributed by atoms with Crippen LogP contribution in [0.4, 0.5) is 0 Å². The van der Waals surface area contributed by atoms with E-state index in [0.717, 1.165) is 32.6 Å². The minimum Gasteiger partial charge on any atom is -0.395 e. The molecule has 1 rings (SSSR count). The second-order valence-electron chi connectivity index (χ2n) is 4.87. The van der Waals surface area contributed by atoms with E-state index in [0.29, 0.717) is 0 Å². The van der Waals surface area contributed by atoms with Crippen molar-refractivity contribution in [1.29, 1.82) is 0 Å². The Morgan fingerprint density at radius 2 is 1.37 bits per heavy atom. The first-order valence-electron chi connectivity index (χ1n) is 7.49. The smallest absolute Gasteiger partial charge is 0.0555 e. The maximum Gasteiger partial charge on any atom is 0.0555 e. The van der Waals surface area contributed by atoms with Crippen molar-refractivity contribution in [2.45, 2.75) is 32.1 Å². The van der Waals surface area contributed by atoms with Crippen LogP contribution in [0.15, 0.2) is 30.3 Å². The molecule has 3 heteroatoms. The van der Waals surface area contributed by atoms with Crippen molar-refractivity contribution in [1.82, 2.24) is 10.6 Å². The molecule has 0 aliphatic heterocycles. The number of unbranched alkanes of at least 4 members (excludes halogenated alkanes) is 3. The summed E-state index contributed by atoms with van der Waals surface area (Å²) in [6.45, 7) is 4.19. The van der Waals surface area contributed by atoms with Crippen LogP contribution in [0.1, 0.15) is 31.2 Å². The zero-order valence-electron chi connectivity index (χ0n) is 11.9. The molecule has 0 fully saturated rings. The van der Waals surface area contributed by atoms with Gasteiger partial charge in [-0.15, -0.1) is 0 Å². The highest BCUT2D eigenvalue weighted by molar-refractivity contribution is 5.14. The van der Waals surface area contributed by atoms with Crippen LogP contribution >= 0.6 is 0 Å². The lowest BCUT2D eigenvalue weighted by molar-refractivity contribution is 0.292. The molecule has 0 saturated carbocycles. The Kier molecular flexibility index (Phi) is 10.3. The van der Waals surface area contributed by atoms with Gasteiger partial charge in [0.1, 0.15) is 0 Å². The third kappa shape index (κ3) is 9.65. The van der Waals surface area contributed by atoms with E-state index in [-0.39, 0.29) is 6.61 Å². The average molecular weight is 264 g/mol. The van der Waals surface area contributed by atoms with Gasteiger partial charge in [0.25, 0.3) is 0 Å². The molecule has 1 aromatic rings. The second-order valence-corrected chi connectivity index (χ2v) is 4.87. The van der Waals surface area contributed by atoms with Gasteiger partial charge in [-0.05, 0) is 44.5 Å². The highest BCUT2D eigenvalue weighted by atomic mass is 16.3. The minimum atomic E-state index is 0.241. The molecule has 0 heterocycles. The molecule has 0 aliphatic carbocycles. The van der Waals surface area contributed by atoms with Gasteiger partial charge in [-0.1, -0.05) is 43.2 Å². The summed E-state index contributed by atoms with van der Waals surface area (Å²) in [5, 5.41) is 15.3. The van der Waals surface area contributed by atoms with E-state index in [1.807, 2.05) is 0 Å². The lowest BCUT2D eigenvalue weighted by atomic mass is 10.1. The zero-order chi connectivity index (χ0) is 13.6. The zero-order valence-corrected chi connectivity index (χ0v) is 11.9. The van der Waals surface area contributed by atoms with Gasteiger partial charge in [0.15, 0.2) is 0 Å². The van der Waals surface area contributed by atoms with Gasteiger partial charge in [0, 0.05) is 6.54 Å². The number of aliphatic hydroxyl groups is 1. The van der Waals surface area contributed by atoms with E-state index in [4.69, 9.17) is 5.11 Å². The first-order chi connectivity index (χ1) is 9.43. The maximum atomic E-state index is 8.60. The van der Waals surface area contributed by atoms with Gasteiger partial charge in [-0.3, -0.25) is 0 Å². The van der Waals surface area contributed by atoms with Crippen LogP contribution in [0.25, 0.3) is 0 Å². The monoisotopic (exact) mass is 264 g/mol. The number of aliphatic hydroxyl groups excluding tert-OH is 1. The highest BCUT2D eigenvalue weighted by Gasteiger charge is 1.93. The summed E-state index contributed by atoms with van der Waals surface area (Å²) in [5.74, 6) is 0. The molecule has 0 amide bonds. The van der Waals surface area contributed by atoms with Crippen molar-refractivity contribution >= 4 is 0 Å². The summed E-state index contributed by atoms with van der Waals surface area (Å²) in [5.41, 5.74) is 1.41. The molecule has 3 N–H and O–H groups in total. The molecule has 0 saturated heterocycles. The van der Waals surface area contributed by atoms with E-state index < -0.39 is 0 Å². The van der Waals surface area contributed by atoms with Crippen LogP contribution in [0.5, 0.6) is 0 Å². The lowest BCUT2D eigenvalue weighted by Crippen LogP contribution is -2.20. The Hall–Kier alpha value is -0.900. The summed E-state index contributed by atoms with van der Waals surface area (Å²) in [7, 11) is 0. The Labute approximate surface area is 117 Å². The largest absolute Gasteiger partial charge is 0.395 e. The van der Waals surface area contributed by atoms with Crippen molar-refractivity contribution in [2.24, 2.45) is 0 Å². The lowest BCUT2D eigenvalue weighted by Gasteiger charge is -2.05. The summed E-state index contributed by atoms with van der Waals surface area (Å²) >= 11 is 0. The van der Waals surface area contributed by atoms with Crippen LogP contribution in [0.2, 0.25) is 0 Å². The Morgan fingerprint density at radius 1 is 0.737 bits per heavy atom. The normalized spacial score (nSPS) is 10.8. The molecule has 1 aromatic carbocycles. The van der Waals surface area contributed by atoms with Crippen LogP contribution in [0.3, 0.4) is 0 Å². The highest BCUT2D eigenvalue weighted by Crippen LogP contribution is 1.99. The molecular formula is C16H28N2O. The van der Waals surface area contributed by atoms with Crippen molar-refractivity contribution in [3.05, 3.63) is 35.9 Å². The van der Waals surface area contributed by atoms with Gasteiger partial charge in [0.2, 0.25) is 0 Å². The molecule has 19 heavy (non-hydrogen) atoms. The maximum absolute atomic E-state index is 8.60. The SMILES string of the molecule is OCCNCCCCCCNCCc1ccccc1. The van der Waals surface area contributed by atoms with Crippen LogP contribution < -0.4 is 10.6 Å². The molecule has 3 nitrogen and oxygen atoms in total. The van der Waals surface area contributed by atoms with E-state index in [1.54, 1.807) is 0 Å². The second kappa shape index (κ2) is 12.2. The van der Waals surface area contributed by atoms with Crippen LogP contribution in [0, 0.1) is 0 Å². The average Bonchev–Trinajstić information content (AvgIpc) is 2.46. The molecule has 0 unspecified atom stereocenters. The Morgan fingerprint density at radius 3 is 2.00 bits per heavy atom. The van der Waals surface area contributed by atoms with E-state index in [2.05, 4.69) is 41.0 Å². The van der Waals surface area contributed by atoms with Gasteiger partial charge in [0.05, 0.1) is 6.61 Å².